The highest BCUT2D eigenvalue weighted by Gasteiger charge is 2.12. The molecule has 0 aromatic heterocycles. The van der Waals surface area contributed by atoms with Gasteiger partial charge in [-0.3, -0.25) is 43.2 Å². The van der Waals surface area contributed by atoms with E-state index in [2.05, 4.69) is 45.4 Å². The molecular formula is C74H129Cl2NO25. The number of unbranched alkanes of at least 4 members (excludes halogenated alkanes) is 16. The highest BCUT2D eigenvalue weighted by atomic mass is 35.5. The molecule has 102 heavy (non-hydrogen) atoms. The molecule has 0 amide bonds. The van der Waals surface area contributed by atoms with E-state index in [9.17, 15) is 52.7 Å². The van der Waals surface area contributed by atoms with Crippen LogP contribution >= 0.6 is 24.0 Å². The highest BCUT2D eigenvalue weighted by molar-refractivity contribution is 6.67. The van der Waals surface area contributed by atoms with Crippen molar-refractivity contribution in [3.05, 3.63) is 36.5 Å². The molecule has 26 nitrogen and oxygen atoms in total. The minimum absolute atomic E-state index is 0. The van der Waals surface area contributed by atoms with Crippen molar-refractivity contribution >= 4 is 88.9 Å². The molecule has 0 aliphatic carbocycles. The van der Waals surface area contributed by atoms with Gasteiger partial charge in [0, 0.05) is 81.3 Å². The third kappa shape index (κ3) is 84.6. The summed E-state index contributed by atoms with van der Waals surface area (Å²) in [6.45, 7) is 28.7. The van der Waals surface area contributed by atoms with Crippen molar-refractivity contribution < 1.29 is 120 Å². The monoisotopic (exact) mass is 1500 g/mol. The summed E-state index contributed by atoms with van der Waals surface area (Å²) in [7, 11) is 0. The van der Waals surface area contributed by atoms with E-state index in [4.69, 9.17) is 78.7 Å². The lowest BCUT2D eigenvalue weighted by Gasteiger charge is -2.13. The Morgan fingerprint density at radius 3 is 0.608 bits per heavy atom. The number of hydrogen-bond donors (Lipinski definition) is 2. The number of carbonyl (C=O) groups excluding carboxylic acids is 11. The number of aliphatic hydroxyl groups excluding tert-OH is 2. The average molecular weight is 1500 g/mol. The molecule has 0 spiro atoms. The van der Waals surface area contributed by atoms with Gasteiger partial charge < -0.3 is 72.0 Å². The number of halogens is 2. The minimum atomic E-state index is -0.463. The Kier molecular flexibility index (Phi) is 82.7. The van der Waals surface area contributed by atoms with Gasteiger partial charge in [0.25, 0.3) is 0 Å². The van der Waals surface area contributed by atoms with Crippen LogP contribution in [-0.2, 0) is 110 Å². The first kappa shape index (κ1) is 105. The van der Waals surface area contributed by atoms with Crippen molar-refractivity contribution in [2.24, 2.45) is 0 Å². The van der Waals surface area contributed by atoms with E-state index < -0.39 is 17.2 Å². The fourth-order valence-corrected chi connectivity index (χ4v) is 8.04. The van der Waals surface area contributed by atoms with Crippen LogP contribution in [-0.4, -0.2) is 205 Å². The number of aliphatic hydroxyl groups is 2. The number of esters is 10. The minimum Gasteiger partial charge on any atom is -0.466 e. The normalized spacial score (nSPS) is 10.3. The second kappa shape index (κ2) is 80.7. The zero-order valence-electron chi connectivity index (χ0n) is 62.7. The van der Waals surface area contributed by atoms with E-state index in [0.29, 0.717) is 185 Å². The van der Waals surface area contributed by atoms with Crippen LogP contribution in [0.15, 0.2) is 36.5 Å². The van der Waals surface area contributed by atoms with E-state index in [-0.39, 0.29) is 139 Å². The molecule has 0 atom stereocenters. The summed E-state index contributed by atoms with van der Waals surface area (Å²) in [6, 6.07) is 0. The second-order valence-corrected chi connectivity index (χ2v) is 23.8. The van der Waals surface area contributed by atoms with Crippen LogP contribution in [0.25, 0.3) is 0 Å². The summed E-state index contributed by atoms with van der Waals surface area (Å²) in [4.78, 5) is 128. The Labute approximate surface area is 619 Å². The molecule has 2 N–H and O–H groups in total. The SMILES string of the molecule is C=C(C)C(=O)Cl.C=C(C)C(=O)OCCCCCC(=O)OCCCCCC(=O)OCCOCCOC(=O)CCCCCOC(=O)CCCCCOC(=O)C(=C)C.CCN(CC)CC.Cl.O=C(CCCCCO)OCCCCCC(=O)OCCOCCOC(=O)CCCCCOC(=O)CCCCCO. The summed E-state index contributed by atoms with van der Waals surface area (Å²) in [5.41, 5.74) is 1.11. The molecule has 0 aromatic rings. The predicted molar refractivity (Wildman–Crippen MR) is 389 cm³/mol. The summed E-state index contributed by atoms with van der Waals surface area (Å²) < 4.78 is 61.7. The van der Waals surface area contributed by atoms with Crippen LogP contribution in [0.1, 0.15) is 247 Å². The molecule has 0 saturated carbocycles. The second-order valence-electron chi connectivity index (χ2n) is 23.4. The van der Waals surface area contributed by atoms with Crippen LogP contribution in [0.5, 0.6) is 0 Å². The van der Waals surface area contributed by atoms with Crippen LogP contribution in [0, 0.1) is 0 Å². The zero-order valence-corrected chi connectivity index (χ0v) is 64.3. The van der Waals surface area contributed by atoms with Gasteiger partial charge in [-0.25, -0.2) is 9.59 Å². The molecule has 28 heteroatoms. The van der Waals surface area contributed by atoms with Crippen molar-refractivity contribution in [1.82, 2.24) is 4.90 Å². The predicted octanol–water partition coefficient (Wildman–Crippen LogP) is 12.2. The average Bonchev–Trinajstić information content (AvgIpc) is 3.47. The Morgan fingerprint density at radius 2 is 0.451 bits per heavy atom. The van der Waals surface area contributed by atoms with Gasteiger partial charge in [-0.1, -0.05) is 53.3 Å². The molecule has 0 saturated heterocycles. The maximum Gasteiger partial charge on any atom is 0.333 e. The zero-order chi connectivity index (χ0) is 76.2. The molecular weight excluding hydrogens is 1370 g/mol. The number of carbonyl (C=O) groups is 11. The lowest BCUT2D eigenvalue weighted by molar-refractivity contribution is -0.148. The first-order chi connectivity index (χ1) is 48.5. The quantitative estimate of drug-likeness (QED) is 0.0188. The van der Waals surface area contributed by atoms with Gasteiger partial charge in [0.05, 0.1) is 66.1 Å². The van der Waals surface area contributed by atoms with Gasteiger partial charge in [-0.05, 0) is 193 Å². The van der Waals surface area contributed by atoms with E-state index in [1.54, 1.807) is 20.8 Å². The fourth-order valence-electron chi connectivity index (χ4n) is 8.04. The summed E-state index contributed by atoms with van der Waals surface area (Å²) in [6.07, 6.45) is 19.4. The third-order valence-corrected chi connectivity index (χ3v) is 14.4. The van der Waals surface area contributed by atoms with Gasteiger partial charge in [0.1, 0.15) is 26.4 Å². The fraction of sp³-hybridized carbons (Fsp3) is 0.770. The smallest absolute Gasteiger partial charge is 0.333 e. The van der Waals surface area contributed by atoms with Gasteiger partial charge in [0.2, 0.25) is 5.24 Å². The Balaban J connectivity index is -0.000000525. The molecule has 0 fully saturated rings. The van der Waals surface area contributed by atoms with E-state index in [0.717, 1.165) is 64.2 Å². The van der Waals surface area contributed by atoms with Crippen molar-refractivity contribution in [2.75, 3.05) is 125 Å². The van der Waals surface area contributed by atoms with Gasteiger partial charge in [-0.2, -0.15) is 0 Å². The number of hydrogen-bond acceptors (Lipinski definition) is 26. The molecule has 0 aliphatic rings. The van der Waals surface area contributed by atoms with E-state index >= 15 is 0 Å². The summed E-state index contributed by atoms with van der Waals surface area (Å²) in [5.74, 6) is -3.05. The van der Waals surface area contributed by atoms with Crippen LogP contribution in [0.3, 0.4) is 0 Å². The third-order valence-electron chi connectivity index (χ3n) is 14.1. The Hall–Kier alpha value is -6.03. The Bertz CT molecular complexity index is 2060. The lowest BCUT2D eigenvalue weighted by Crippen LogP contribution is -2.21. The molecule has 594 valence electrons. The van der Waals surface area contributed by atoms with Crippen LogP contribution in [0.4, 0.5) is 0 Å². The van der Waals surface area contributed by atoms with Crippen molar-refractivity contribution in [3.63, 3.8) is 0 Å². The highest BCUT2D eigenvalue weighted by Crippen LogP contribution is 2.11. The van der Waals surface area contributed by atoms with E-state index in [1.807, 2.05) is 0 Å². The number of ether oxygens (including phenoxy) is 12. The van der Waals surface area contributed by atoms with Crippen LogP contribution in [0.2, 0.25) is 0 Å². The number of rotatable bonds is 64. The number of nitrogens with zero attached hydrogens (tertiary/aromatic N) is 1. The molecule has 0 aromatic carbocycles. The maximum absolute atomic E-state index is 11.8. The maximum atomic E-state index is 11.8. The topological polar surface area (TPSA) is 342 Å². The summed E-state index contributed by atoms with van der Waals surface area (Å²) in [5, 5.41) is 16.9. The molecule has 0 radical (unpaired) electrons. The van der Waals surface area contributed by atoms with Crippen molar-refractivity contribution in [3.8, 4) is 0 Å². The van der Waals surface area contributed by atoms with Crippen molar-refractivity contribution in [2.45, 2.75) is 247 Å². The van der Waals surface area contributed by atoms with Crippen LogP contribution < -0.4 is 0 Å². The molecule has 0 rings (SSSR count). The number of allylic oxidation sites excluding steroid dienone is 1. The lowest BCUT2D eigenvalue weighted by atomic mass is 10.2. The molecule has 0 bridgehead atoms. The molecule has 0 aliphatic heterocycles. The first-order valence-electron chi connectivity index (χ1n) is 36.4. The molecule has 0 heterocycles. The van der Waals surface area contributed by atoms with Gasteiger partial charge in [0.15, 0.2) is 0 Å². The standard InChI is InChI=1S/C36H58O13.C28H50O11.C6H15N.C4H5ClO.ClH/c1-29(2)35(41)48-23-15-7-11-17-31(37)44-21-13-5-9-19-33(39)46-27-25-43-26-28-47-34(40)20-10-6-14-22-45-32(38)18-12-8-16-24-49-36(42)30(3)4;29-17-9-1-5-13-25(31)36-19-11-3-7-15-27(33)38-23-21-35-22-24-39-28(34)16-8-4-12-20-37-26(32)14-6-2-10-18-30;1-4-7(5-2)6-3;1-3(2)4(5)6;/h1,3,5-28H2,2,4H3;29-30H,1-24H2;4-6H2,1-3H3;1H2,2H3;1H. The summed E-state index contributed by atoms with van der Waals surface area (Å²) >= 11 is 4.87. The van der Waals surface area contributed by atoms with Crippen molar-refractivity contribution in [1.29, 1.82) is 0 Å². The van der Waals surface area contributed by atoms with Gasteiger partial charge in [-0.15, -0.1) is 12.4 Å². The molecule has 0 unspecified atom stereocenters. The largest absolute Gasteiger partial charge is 0.466 e. The first-order valence-corrected chi connectivity index (χ1v) is 36.7. The van der Waals surface area contributed by atoms with E-state index in [1.165, 1.54) is 19.6 Å². The Morgan fingerprint density at radius 1 is 0.275 bits per heavy atom. The van der Waals surface area contributed by atoms with Gasteiger partial charge >= 0.3 is 59.7 Å².